The van der Waals surface area contributed by atoms with Crippen LogP contribution in [0.15, 0.2) is 33.8 Å². The van der Waals surface area contributed by atoms with Gasteiger partial charge in [0, 0.05) is 10.9 Å². The van der Waals surface area contributed by atoms with E-state index in [1.165, 1.54) is 0 Å². The maximum absolute atomic E-state index is 12.1. The molecule has 0 N–H and O–H groups in total. The molecule has 18 heavy (non-hydrogen) atoms. The van der Waals surface area contributed by atoms with Gasteiger partial charge in [0.1, 0.15) is 5.92 Å². The van der Waals surface area contributed by atoms with E-state index in [2.05, 4.69) is 21.0 Å². The summed E-state index contributed by atoms with van der Waals surface area (Å²) in [4.78, 5) is 12.1. The number of nitrogens with zero attached hydrogens (tertiary/aromatic N) is 2. The van der Waals surface area contributed by atoms with Gasteiger partial charge in [-0.2, -0.15) is 5.10 Å². The van der Waals surface area contributed by atoms with Crippen molar-refractivity contribution in [3.8, 4) is 0 Å². The third kappa shape index (κ3) is 2.20. The molecule has 4 nitrogen and oxygen atoms in total. The molecule has 2 heterocycles. The van der Waals surface area contributed by atoms with Gasteiger partial charge in [-0.25, -0.2) is 5.01 Å². The van der Waals surface area contributed by atoms with Crippen LogP contribution < -0.4 is 0 Å². The van der Waals surface area contributed by atoms with Gasteiger partial charge in [0.15, 0.2) is 0 Å². The van der Waals surface area contributed by atoms with Crippen LogP contribution in [-0.2, 0) is 16.1 Å². The Hall–Kier alpha value is -1.20. The zero-order valence-electron chi connectivity index (χ0n) is 9.80. The largest absolute Gasteiger partial charge is 0.380 e. The number of carbonyl (C=O) groups excluding carboxylic acids is 1. The van der Waals surface area contributed by atoms with Crippen molar-refractivity contribution in [3.05, 3.63) is 34.3 Å². The molecule has 2 aliphatic rings. The lowest BCUT2D eigenvalue weighted by molar-refractivity contribution is -0.134. The lowest BCUT2D eigenvalue weighted by Crippen LogP contribution is -2.33. The highest BCUT2D eigenvalue weighted by atomic mass is 79.9. The second-order valence-electron chi connectivity index (χ2n) is 4.49. The van der Waals surface area contributed by atoms with E-state index in [4.69, 9.17) is 4.74 Å². The lowest BCUT2D eigenvalue weighted by atomic mass is 10.0. The number of benzene rings is 1. The van der Waals surface area contributed by atoms with Crippen LogP contribution in [0.3, 0.4) is 0 Å². The smallest absolute Gasteiger partial charge is 0.254 e. The molecule has 0 bridgehead atoms. The van der Waals surface area contributed by atoms with Crippen LogP contribution in [0, 0.1) is 5.92 Å². The number of hydrogen-bond donors (Lipinski definition) is 0. The number of rotatable bonds is 2. The van der Waals surface area contributed by atoms with Gasteiger partial charge in [0.2, 0.25) is 0 Å². The number of hydrazone groups is 1. The molecule has 1 aromatic rings. The van der Waals surface area contributed by atoms with Crippen molar-refractivity contribution in [3.63, 3.8) is 0 Å². The van der Waals surface area contributed by atoms with E-state index in [1.807, 2.05) is 24.3 Å². The number of amides is 1. The Morgan fingerprint density at radius 2 is 2.39 bits per heavy atom. The van der Waals surface area contributed by atoms with Gasteiger partial charge >= 0.3 is 0 Å². The molecule has 1 aromatic carbocycles. The number of halogens is 1. The standard InChI is InChI=1S/C13H13BrN2O2/c14-10-3-1-2-9(6-10)7-16-13(17)11-8-18-5-4-12(11)15-16/h1-3,6,11H,4-5,7-8H2. The summed E-state index contributed by atoms with van der Waals surface area (Å²) >= 11 is 3.43. The van der Waals surface area contributed by atoms with Crippen LogP contribution in [0.4, 0.5) is 0 Å². The van der Waals surface area contributed by atoms with E-state index in [1.54, 1.807) is 5.01 Å². The Balaban J connectivity index is 1.78. The van der Waals surface area contributed by atoms with Crippen molar-refractivity contribution < 1.29 is 9.53 Å². The monoisotopic (exact) mass is 308 g/mol. The predicted octanol–water partition coefficient (Wildman–Crippen LogP) is 2.18. The van der Waals surface area contributed by atoms with Crippen LogP contribution in [0.5, 0.6) is 0 Å². The van der Waals surface area contributed by atoms with Gasteiger partial charge in [-0.05, 0) is 17.7 Å². The Morgan fingerprint density at radius 3 is 3.17 bits per heavy atom. The number of hydrogen-bond acceptors (Lipinski definition) is 3. The van der Waals surface area contributed by atoms with Gasteiger partial charge in [-0.15, -0.1) is 0 Å². The fraction of sp³-hybridized carbons (Fsp3) is 0.385. The summed E-state index contributed by atoms with van der Waals surface area (Å²) in [7, 11) is 0. The van der Waals surface area contributed by atoms with Crippen LogP contribution in [0.1, 0.15) is 12.0 Å². The van der Waals surface area contributed by atoms with Gasteiger partial charge in [-0.3, -0.25) is 4.79 Å². The van der Waals surface area contributed by atoms with Crippen molar-refractivity contribution in [1.82, 2.24) is 5.01 Å². The second kappa shape index (κ2) is 4.82. The first-order valence-corrected chi connectivity index (χ1v) is 6.74. The van der Waals surface area contributed by atoms with E-state index in [0.29, 0.717) is 19.8 Å². The summed E-state index contributed by atoms with van der Waals surface area (Å²) < 4.78 is 6.35. The molecular formula is C13H13BrN2O2. The molecule has 1 fully saturated rings. The first kappa shape index (κ1) is 11.9. The zero-order valence-corrected chi connectivity index (χ0v) is 11.4. The van der Waals surface area contributed by atoms with Crippen molar-refractivity contribution in [2.24, 2.45) is 11.0 Å². The average Bonchev–Trinajstić information content (AvgIpc) is 2.67. The fourth-order valence-corrected chi connectivity index (χ4v) is 2.73. The Bertz CT molecular complexity index is 515. The van der Waals surface area contributed by atoms with Crippen molar-refractivity contribution in [1.29, 1.82) is 0 Å². The molecule has 1 unspecified atom stereocenters. The van der Waals surface area contributed by atoms with Crippen molar-refractivity contribution in [2.75, 3.05) is 13.2 Å². The molecule has 0 radical (unpaired) electrons. The van der Waals surface area contributed by atoms with Gasteiger partial charge in [-0.1, -0.05) is 28.1 Å². The molecule has 1 amide bonds. The molecular weight excluding hydrogens is 296 g/mol. The summed E-state index contributed by atoms with van der Waals surface area (Å²) in [5, 5.41) is 5.99. The molecule has 1 saturated heterocycles. The normalized spacial score (nSPS) is 22.9. The fourth-order valence-electron chi connectivity index (χ4n) is 2.29. The third-order valence-corrected chi connectivity index (χ3v) is 3.71. The van der Waals surface area contributed by atoms with E-state index in [9.17, 15) is 4.79 Å². The summed E-state index contributed by atoms with van der Waals surface area (Å²) in [5.74, 6) is -0.0874. The minimum absolute atomic E-state index is 0.0599. The van der Waals surface area contributed by atoms with Crippen molar-refractivity contribution >= 4 is 27.5 Å². The van der Waals surface area contributed by atoms with E-state index in [-0.39, 0.29) is 11.8 Å². The lowest BCUT2D eigenvalue weighted by Gasteiger charge is -2.17. The minimum Gasteiger partial charge on any atom is -0.380 e. The van der Waals surface area contributed by atoms with Crippen LogP contribution in [0.25, 0.3) is 0 Å². The molecule has 0 aliphatic carbocycles. The highest BCUT2D eigenvalue weighted by molar-refractivity contribution is 9.10. The van der Waals surface area contributed by atoms with Crippen LogP contribution in [-0.4, -0.2) is 29.8 Å². The molecule has 1 atom stereocenters. The Morgan fingerprint density at radius 1 is 1.50 bits per heavy atom. The molecule has 0 spiro atoms. The maximum Gasteiger partial charge on any atom is 0.254 e. The topological polar surface area (TPSA) is 41.9 Å². The molecule has 0 saturated carbocycles. The van der Waals surface area contributed by atoms with E-state index in [0.717, 1.165) is 22.2 Å². The number of ether oxygens (including phenoxy) is 1. The summed E-state index contributed by atoms with van der Waals surface area (Å²) in [6.07, 6.45) is 0.769. The molecule has 0 aromatic heterocycles. The highest BCUT2D eigenvalue weighted by Crippen LogP contribution is 2.24. The van der Waals surface area contributed by atoms with Gasteiger partial charge in [0.05, 0.1) is 25.5 Å². The Labute approximate surface area is 114 Å². The molecule has 3 rings (SSSR count). The number of fused-ring (bicyclic) bond motifs is 1. The highest BCUT2D eigenvalue weighted by Gasteiger charge is 2.37. The summed E-state index contributed by atoms with van der Waals surface area (Å²) in [5.41, 5.74) is 2.04. The maximum atomic E-state index is 12.1. The Kier molecular flexibility index (Phi) is 3.18. The summed E-state index contributed by atoms with van der Waals surface area (Å²) in [6.45, 7) is 1.68. The van der Waals surface area contributed by atoms with Crippen LogP contribution in [0.2, 0.25) is 0 Å². The third-order valence-electron chi connectivity index (χ3n) is 3.21. The minimum atomic E-state index is -0.147. The average molecular weight is 309 g/mol. The quantitative estimate of drug-likeness (QED) is 0.840. The SMILES string of the molecule is O=C1C2COCCC2=NN1Cc1cccc(Br)c1. The van der Waals surface area contributed by atoms with Gasteiger partial charge in [0.25, 0.3) is 5.91 Å². The second-order valence-corrected chi connectivity index (χ2v) is 5.41. The first-order valence-electron chi connectivity index (χ1n) is 5.95. The van der Waals surface area contributed by atoms with Gasteiger partial charge < -0.3 is 4.74 Å². The molecule has 5 heteroatoms. The molecule has 2 aliphatic heterocycles. The van der Waals surface area contributed by atoms with Crippen LogP contribution >= 0.6 is 15.9 Å². The number of carbonyl (C=O) groups is 1. The predicted molar refractivity (Wildman–Crippen MR) is 71.1 cm³/mol. The zero-order chi connectivity index (χ0) is 12.5. The van der Waals surface area contributed by atoms with Crippen molar-refractivity contribution in [2.45, 2.75) is 13.0 Å². The summed E-state index contributed by atoms with van der Waals surface area (Å²) in [6, 6.07) is 7.93. The van der Waals surface area contributed by atoms with E-state index < -0.39 is 0 Å². The first-order chi connectivity index (χ1) is 8.74. The molecule has 94 valence electrons. The van der Waals surface area contributed by atoms with E-state index >= 15 is 0 Å².